The van der Waals surface area contributed by atoms with Gasteiger partial charge in [0.15, 0.2) is 0 Å². The van der Waals surface area contributed by atoms with Crippen LogP contribution < -0.4 is 55.7 Å². The van der Waals surface area contributed by atoms with E-state index in [2.05, 4.69) is 98.0 Å². The number of ether oxygens (including phenoxy) is 2. The highest BCUT2D eigenvalue weighted by atomic mass is 79.9. The van der Waals surface area contributed by atoms with Gasteiger partial charge < -0.3 is 80.5 Å². The Morgan fingerprint density at radius 1 is 0.422 bits per heavy atom. The number of carbonyl (C=O) groups excluding carboxylic acids is 4. The second-order valence-electron chi connectivity index (χ2n) is 32.9. The highest BCUT2D eigenvalue weighted by Gasteiger charge is 2.35. The SMILES string of the molecule is Cc1cccc(CNC(=O)c2ccc(-c3nc(C4CCOCC4)cnc3N)cc2F)n1.NC[C@@H](NC(=O)c1ccc(-c2nc([C@@H]3CC[C@@H](O)[C@@H](F)C3)cnc2N)cc1F)c1cc(F)cc(Br)c1.NC[C@@H](NC(=O)c1ccc(-c2nc([C@H]3CC[C@H](O)[C@H](F)C3)cnc2N)cc1F)c1cc(F)cc(Br)c1.Nc1ncc(C2CCOCC2)nc1-c1ccc(C(=O)NC[C@@H](O)c2ccccc2)c(F)c1. The summed E-state index contributed by atoms with van der Waals surface area (Å²) < 4.78 is 127. The minimum atomic E-state index is -1.35. The van der Waals surface area contributed by atoms with E-state index in [0.717, 1.165) is 54.9 Å². The number of anilines is 4. The lowest BCUT2D eigenvalue weighted by Crippen LogP contribution is -2.34. The van der Waals surface area contributed by atoms with Gasteiger partial charge in [-0.2, -0.15) is 0 Å². The molecular formula is C97H99Br2F8N19O9. The van der Waals surface area contributed by atoms with Crippen molar-refractivity contribution in [2.45, 2.75) is 144 Å². The lowest BCUT2D eigenvalue weighted by atomic mass is 9.84. The van der Waals surface area contributed by atoms with Crippen molar-refractivity contribution in [3.05, 3.63) is 299 Å². The number of benzene rings is 7. The lowest BCUT2D eigenvalue weighted by Gasteiger charge is -2.28. The molecule has 0 bridgehead atoms. The van der Waals surface area contributed by atoms with Crippen LogP contribution in [0.2, 0.25) is 0 Å². The van der Waals surface area contributed by atoms with Crippen molar-refractivity contribution in [3.63, 3.8) is 0 Å². The van der Waals surface area contributed by atoms with Crippen molar-refractivity contribution < 1.29 is 79.1 Å². The smallest absolute Gasteiger partial charge is 0.254 e. The summed E-state index contributed by atoms with van der Waals surface area (Å²) in [5.41, 5.74) is 43.3. The molecule has 4 aliphatic rings. The molecule has 5 aromatic heterocycles. The number of aliphatic hydroxyl groups is 3. The minimum absolute atomic E-state index is 0.0296. The van der Waals surface area contributed by atoms with E-state index in [0.29, 0.717) is 128 Å². The third-order valence-electron chi connectivity index (χ3n) is 23.5. The third-order valence-corrected chi connectivity index (χ3v) is 24.4. The van der Waals surface area contributed by atoms with Crippen LogP contribution >= 0.6 is 31.9 Å². The van der Waals surface area contributed by atoms with Crippen molar-refractivity contribution in [2.24, 2.45) is 11.5 Å². The number of nitrogens with one attached hydrogen (secondary N) is 4. The van der Waals surface area contributed by atoms with E-state index in [1.165, 1.54) is 85.2 Å². The maximum atomic E-state index is 15.0. The molecule has 2 aliphatic carbocycles. The van der Waals surface area contributed by atoms with E-state index in [1.807, 2.05) is 25.1 Å². The van der Waals surface area contributed by atoms with E-state index in [9.17, 15) is 60.8 Å². The molecule has 706 valence electrons. The minimum Gasteiger partial charge on any atom is -0.390 e. The zero-order valence-corrected chi connectivity index (χ0v) is 76.1. The summed E-state index contributed by atoms with van der Waals surface area (Å²) in [5.74, 6) is -6.07. The summed E-state index contributed by atoms with van der Waals surface area (Å²) in [6, 6.07) is 37.6. The van der Waals surface area contributed by atoms with Crippen LogP contribution in [0, 0.1) is 41.8 Å². The van der Waals surface area contributed by atoms with E-state index >= 15 is 8.78 Å². The first kappa shape index (κ1) is 99.7. The Bertz CT molecular complexity index is 5990. The number of nitrogen functional groups attached to an aromatic ring is 4. The number of nitrogens with two attached hydrogens (primary N) is 6. The molecule has 2 aliphatic heterocycles. The summed E-state index contributed by atoms with van der Waals surface area (Å²) in [6.45, 7) is 4.70. The number of aryl methyl sites for hydroxylation is 1. The topological polar surface area (TPSA) is 468 Å². The standard InChI is InChI=1S/2C25H25BrF3N5O2.C24H25FN4O3.C23H24FN5O2/c2*26-15-5-14(6-16(27)9-15)20(10-30)34-25(36)17-3-1-13(8-18(17)28)23-24(31)32-11-21(33-23)12-2-4-22(35)19(29)7-12;25-19-12-17(22-23(26)27-13-20(29-22)15-8-10-32-11-9-15)6-7-18(19)24(31)28-14-21(30)16-4-2-1-3-5-16;1-14-3-2-4-17(28-14)12-27-23(30)18-6-5-16(11-19(18)24)21-22(25)26-13-20(29-21)15-7-9-31-10-8-15/h2*1,3,5-6,8-9,11-12,19-20,22,35H,2,4,7,10,30H2,(H2,31,32)(H,34,36);1-7,12-13,15,21,30H,8-11,14H2,(H2,26,27)(H,28,31);2-6,11,13,15H,7-10,12H2,1H3,(H2,25,26)(H,27,30)/t12-,19+,20+,22-;12-,19+,20-,22-;21-;/m011./s1. The van der Waals surface area contributed by atoms with Gasteiger partial charge >= 0.3 is 0 Å². The summed E-state index contributed by atoms with van der Waals surface area (Å²) in [5, 5.41) is 40.0. The highest BCUT2D eigenvalue weighted by molar-refractivity contribution is 9.10. The Morgan fingerprint density at radius 2 is 0.778 bits per heavy atom. The van der Waals surface area contributed by atoms with Crippen LogP contribution in [0.3, 0.4) is 0 Å². The molecule has 2 saturated carbocycles. The number of amides is 4. The molecule has 4 amide bonds. The first-order valence-corrected chi connectivity index (χ1v) is 45.1. The van der Waals surface area contributed by atoms with Gasteiger partial charge in [-0.3, -0.25) is 24.2 Å². The molecule has 0 spiro atoms. The van der Waals surface area contributed by atoms with Crippen LogP contribution in [-0.2, 0) is 16.0 Å². The fourth-order valence-corrected chi connectivity index (χ4v) is 17.0. The maximum absolute atomic E-state index is 15.0. The predicted molar refractivity (Wildman–Crippen MR) is 499 cm³/mol. The van der Waals surface area contributed by atoms with E-state index in [1.54, 1.807) is 67.0 Å². The number of pyridine rings is 1. The number of carbonyl (C=O) groups is 4. The third kappa shape index (κ3) is 26.0. The van der Waals surface area contributed by atoms with Crippen LogP contribution in [0.5, 0.6) is 0 Å². The molecule has 9 atom stereocenters. The molecule has 0 radical (unpaired) electrons. The van der Waals surface area contributed by atoms with Crippen molar-refractivity contribution in [1.29, 1.82) is 0 Å². The zero-order valence-electron chi connectivity index (χ0n) is 73.0. The van der Waals surface area contributed by atoms with Gasteiger partial charge in [0.25, 0.3) is 23.6 Å². The van der Waals surface area contributed by atoms with Gasteiger partial charge in [-0.05, 0) is 185 Å². The first-order chi connectivity index (χ1) is 64.8. The van der Waals surface area contributed by atoms with Crippen molar-refractivity contribution >= 4 is 78.8 Å². The van der Waals surface area contributed by atoms with Gasteiger partial charge in [0.05, 0.1) is 112 Å². The molecule has 7 aromatic carbocycles. The fourth-order valence-electron chi connectivity index (χ4n) is 16.0. The Labute approximate surface area is 788 Å². The van der Waals surface area contributed by atoms with Crippen LogP contribution in [0.4, 0.5) is 58.4 Å². The van der Waals surface area contributed by atoms with Gasteiger partial charge in [0.1, 0.15) is 93.3 Å². The number of nitrogens with zero attached hydrogens (tertiary/aromatic N) is 9. The number of alkyl halides is 2. The predicted octanol–water partition coefficient (Wildman–Crippen LogP) is 14.9. The van der Waals surface area contributed by atoms with Gasteiger partial charge in [-0.25, -0.2) is 75.0 Å². The summed E-state index contributed by atoms with van der Waals surface area (Å²) >= 11 is 6.40. The molecule has 7 heterocycles. The Balaban J connectivity index is 0.000000153. The van der Waals surface area contributed by atoms with Gasteiger partial charge in [0, 0.05) is 107 Å². The van der Waals surface area contributed by atoms with Crippen molar-refractivity contribution in [2.75, 3.05) is 69.0 Å². The Hall–Kier alpha value is -12.8. The average Bonchev–Trinajstić information content (AvgIpc) is 0.799. The van der Waals surface area contributed by atoms with Crippen LogP contribution in [0.1, 0.15) is 198 Å². The molecule has 12 aromatic rings. The number of aromatic nitrogens is 9. The average molecular weight is 1990 g/mol. The molecule has 28 nitrogen and oxygen atoms in total. The van der Waals surface area contributed by atoms with E-state index < -0.39 is 101 Å². The molecule has 2 saturated heterocycles. The maximum Gasteiger partial charge on any atom is 0.254 e. The van der Waals surface area contributed by atoms with Gasteiger partial charge in [-0.1, -0.05) is 92.5 Å². The fraction of sp³-hybridized carbons (Fsp3) is 0.309. The lowest BCUT2D eigenvalue weighted by molar-refractivity contribution is 0.0363. The molecule has 4 fully saturated rings. The largest absolute Gasteiger partial charge is 0.390 e. The number of aliphatic hydroxyl groups excluding tert-OH is 3. The van der Waals surface area contributed by atoms with Gasteiger partial charge in [0.2, 0.25) is 0 Å². The molecule has 135 heavy (non-hydrogen) atoms. The Morgan fingerprint density at radius 3 is 1.12 bits per heavy atom. The quantitative estimate of drug-likeness (QED) is 0.0265. The summed E-state index contributed by atoms with van der Waals surface area (Å²) in [4.78, 5) is 89.9. The first-order valence-electron chi connectivity index (χ1n) is 43.5. The number of hydrogen-bond acceptors (Lipinski definition) is 24. The van der Waals surface area contributed by atoms with Crippen molar-refractivity contribution in [1.82, 2.24) is 66.1 Å². The number of hydrogen-bond donors (Lipinski definition) is 13. The molecule has 38 heteroatoms. The summed E-state index contributed by atoms with van der Waals surface area (Å²) in [6.07, 6.45) is 6.01. The van der Waals surface area contributed by atoms with E-state index in [-0.39, 0.29) is 120 Å². The molecule has 19 N–H and O–H groups in total. The van der Waals surface area contributed by atoms with Crippen LogP contribution in [0.25, 0.3) is 45.0 Å². The van der Waals surface area contributed by atoms with Crippen LogP contribution in [-0.4, -0.2) is 154 Å². The van der Waals surface area contributed by atoms with E-state index in [4.69, 9.17) is 43.9 Å². The molecule has 0 unspecified atom stereocenters. The normalized spacial score (nSPS) is 18.0. The second-order valence-corrected chi connectivity index (χ2v) is 34.7. The van der Waals surface area contributed by atoms with Crippen LogP contribution in [0.15, 0.2) is 191 Å². The highest BCUT2D eigenvalue weighted by Crippen LogP contribution is 2.40. The van der Waals surface area contributed by atoms with Crippen molar-refractivity contribution in [3.8, 4) is 45.0 Å². The second kappa shape index (κ2) is 46.4. The Kier molecular flexibility index (Phi) is 34.3. The number of halogens is 10. The molecular weight excluding hydrogens is 1890 g/mol. The zero-order chi connectivity index (χ0) is 96.3. The van der Waals surface area contributed by atoms with Gasteiger partial charge in [-0.15, -0.1) is 0 Å². The summed E-state index contributed by atoms with van der Waals surface area (Å²) in [7, 11) is 0. The number of rotatable bonds is 23. The molecule has 16 rings (SSSR count). The monoisotopic (exact) mass is 1980 g/mol.